The number of thioether (sulfide) groups is 1. The monoisotopic (exact) mass is 359 g/mol. The number of rotatable bonds is 4. The van der Waals surface area contributed by atoms with Gasteiger partial charge in [0.15, 0.2) is 4.32 Å². The minimum Gasteiger partial charge on any atom is -0.465 e. The predicted molar refractivity (Wildman–Crippen MR) is 96.8 cm³/mol. The van der Waals surface area contributed by atoms with Crippen LogP contribution in [0.4, 0.5) is 5.69 Å². The summed E-state index contributed by atoms with van der Waals surface area (Å²) in [5, 5.41) is 0. The molecule has 1 aromatic carbocycles. The van der Waals surface area contributed by atoms with Crippen molar-refractivity contribution in [2.24, 2.45) is 0 Å². The first-order valence-corrected chi connectivity index (χ1v) is 8.41. The summed E-state index contributed by atoms with van der Waals surface area (Å²) in [6, 6.07) is 10.2. The first kappa shape index (κ1) is 16.5. The molecular weight excluding hydrogens is 346 g/mol. The number of benzene rings is 1. The molecule has 7 heteroatoms. The van der Waals surface area contributed by atoms with Crippen LogP contribution in [0.2, 0.25) is 0 Å². The van der Waals surface area contributed by atoms with Crippen molar-refractivity contribution in [2.45, 2.75) is 6.92 Å². The second-order valence-electron chi connectivity index (χ2n) is 4.80. The molecule has 0 atom stereocenters. The maximum atomic E-state index is 12.6. The molecule has 24 heavy (non-hydrogen) atoms. The molecule has 1 aromatic heterocycles. The summed E-state index contributed by atoms with van der Waals surface area (Å²) in [7, 11) is 0. The Labute approximate surface area is 148 Å². The fraction of sp³-hybridized carbons (Fsp3) is 0.118. The lowest BCUT2D eigenvalue weighted by Crippen LogP contribution is -2.27. The fourth-order valence-electron chi connectivity index (χ4n) is 2.18. The molecule has 2 aromatic rings. The lowest BCUT2D eigenvalue weighted by atomic mass is 10.2. The normalized spacial score (nSPS) is 16.0. The lowest BCUT2D eigenvalue weighted by molar-refractivity contribution is -0.113. The van der Waals surface area contributed by atoms with Crippen LogP contribution in [0.1, 0.15) is 23.0 Å². The Morgan fingerprint density at radius 3 is 2.92 bits per heavy atom. The molecule has 5 nitrogen and oxygen atoms in total. The van der Waals surface area contributed by atoms with Gasteiger partial charge >= 0.3 is 5.97 Å². The highest BCUT2D eigenvalue weighted by Crippen LogP contribution is 2.36. The maximum Gasteiger partial charge on any atom is 0.338 e. The Balaban J connectivity index is 1.90. The third-order valence-electron chi connectivity index (χ3n) is 3.23. The minimum atomic E-state index is -0.434. The molecule has 122 valence electrons. The maximum absolute atomic E-state index is 12.6. The van der Waals surface area contributed by atoms with Crippen molar-refractivity contribution in [3.63, 3.8) is 0 Å². The Kier molecular flexibility index (Phi) is 4.82. The van der Waals surface area contributed by atoms with Gasteiger partial charge in [-0.3, -0.25) is 9.69 Å². The second kappa shape index (κ2) is 7.02. The van der Waals surface area contributed by atoms with Crippen molar-refractivity contribution in [1.29, 1.82) is 0 Å². The van der Waals surface area contributed by atoms with E-state index in [2.05, 4.69) is 0 Å². The zero-order valence-electron chi connectivity index (χ0n) is 12.7. The van der Waals surface area contributed by atoms with E-state index in [9.17, 15) is 9.59 Å². The summed E-state index contributed by atoms with van der Waals surface area (Å²) < 4.78 is 10.6. The van der Waals surface area contributed by atoms with E-state index in [4.69, 9.17) is 21.4 Å². The third kappa shape index (κ3) is 3.27. The van der Waals surface area contributed by atoms with E-state index in [1.54, 1.807) is 49.4 Å². The van der Waals surface area contributed by atoms with Crippen LogP contribution in [-0.2, 0) is 9.53 Å². The number of ether oxygens (including phenoxy) is 1. The van der Waals surface area contributed by atoms with E-state index in [0.29, 0.717) is 26.2 Å². The molecular formula is C17H13NO4S2. The largest absolute Gasteiger partial charge is 0.465 e. The predicted octanol–water partition coefficient (Wildman–Crippen LogP) is 3.86. The fourth-order valence-corrected chi connectivity index (χ4v) is 3.46. The highest BCUT2D eigenvalue weighted by Gasteiger charge is 2.33. The van der Waals surface area contributed by atoms with E-state index >= 15 is 0 Å². The van der Waals surface area contributed by atoms with Crippen LogP contribution in [0.15, 0.2) is 52.0 Å². The van der Waals surface area contributed by atoms with E-state index in [-0.39, 0.29) is 12.5 Å². The van der Waals surface area contributed by atoms with Gasteiger partial charge in [-0.1, -0.05) is 30.0 Å². The van der Waals surface area contributed by atoms with E-state index < -0.39 is 5.97 Å². The number of carbonyl (C=O) groups is 2. The Morgan fingerprint density at radius 1 is 1.38 bits per heavy atom. The van der Waals surface area contributed by atoms with Crippen molar-refractivity contribution in [1.82, 2.24) is 0 Å². The van der Waals surface area contributed by atoms with Crippen LogP contribution in [0, 0.1) is 0 Å². The molecule has 1 aliphatic rings. The highest BCUT2D eigenvalue weighted by molar-refractivity contribution is 8.27. The number of thiocarbonyl (C=S) groups is 1. The molecule has 0 spiro atoms. The first-order valence-electron chi connectivity index (χ1n) is 7.19. The van der Waals surface area contributed by atoms with Crippen LogP contribution in [0.3, 0.4) is 0 Å². The zero-order chi connectivity index (χ0) is 17.1. The third-order valence-corrected chi connectivity index (χ3v) is 4.53. The molecule has 1 saturated heterocycles. The van der Waals surface area contributed by atoms with Crippen LogP contribution in [0.5, 0.6) is 0 Å². The molecule has 0 saturated carbocycles. The topological polar surface area (TPSA) is 59.8 Å². The summed E-state index contributed by atoms with van der Waals surface area (Å²) in [5.41, 5.74) is 0.907. The molecule has 1 aliphatic heterocycles. The van der Waals surface area contributed by atoms with Gasteiger partial charge in [0, 0.05) is 6.08 Å². The Hall–Kier alpha value is -2.38. The number of nitrogens with zero attached hydrogens (tertiary/aromatic N) is 1. The van der Waals surface area contributed by atoms with E-state index in [1.807, 2.05) is 0 Å². The quantitative estimate of drug-likeness (QED) is 0.469. The number of furan rings is 1. The van der Waals surface area contributed by atoms with E-state index in [1.165, 1.54) is 22.9 Å². The van der Waals surface area contributed by atoms with Crippen molar-refractivity contribution < 1.29 is 18.7 Å². The number of esters is 1. The minimum absolute atomic E-state index is 0.248. The van der Waals surface area contributed by atoms with Gasteiger partial charge in [-0.2, -0.15) is 0 Å². The summed E-state index contributed by atoms with van der Waals surface area (Å²) in [4.78, 5) is 26.4. The number of hydrogen-bond acceptors (Lipinski definition) is 6. The van der Waals surface area contributed by atoms with Crippen LogP contribution < -0.4 is 4.90 Å². The average Bonchev–Trinajstić information content (AvgIpc) is 3.17. The van der Waals surface area contributed by atoms with Crippen molar-refractivity contribution >= 4 is 51.9 Å². The summed E-state index contributed by atoms with van der Waals surface area (Å²) >= 11 is 6.51. The molecule has 1 amide bonds. The molecule has 0 radical (unpaired) electrons. The number of amides is 1. The van der Waals surface area contributed by atoms with Crippen molar-refractivity contribution in [3.8, 4) is 0 Å². The Bertz CT molecular complexity index is 827. The molecule has 0 aliphatic carbocycles. The molecule has 0 N–H and O–H groups in total. The second-order valence-corrected chi connectivity index (χ2v) is 6.48. The molecule has 2 heterocycles. The van der Waals surface area contributed by atoms with Gasteiger partial charge in [-0.25, -0.2) is 4.79 Å². The van der Waals surface area contributed by atoms with Crippen LogP contribution >= 0.6 is 24.0 Å². The molecule has 1 fully saturated rings. The van der Waals surface area contributed by atoms with Gasteiger partial charge in [-0.15, -0.1) is 0 Å². The number of anilines is 1. The SMILES string of the molecule is CCOC(=O)c1cccc(N2C(=O)/C(=C\c3ccco3)SC2=S)c1. The van der Waals surface area contributed by atoms with Gasteiger partial charge in [0.05, 0.1) is 29.0 Å². The number of hydrogen-bond donors (Lipinski definition) is 0. The number of carbonyl (C=O) groups excluding carboxylic acids is 2. The zero-order valence-corrected chi connectivity index (χ0v) is 14.4. The standard InChI is InChI=1S/C17H13NO4S2/c1-2-21-16(20)11-5-3-6-12(9-11)18-15(19)14(24-17(18)23)10-13-7-4-8-22-13/h3-10H,2H2,1H3/b14-10+. The average molecular weight is 359 g/mol. The smallest absolute Gasteiger partial charge is 0.338 e. The molecule has 3 rings (SSSR count). The summed E-state index contributed by atoms with van der Waals surface area (Å²) in [5.74, 6) is -0.103. The molecule has 0 bridgehead atoms. The van der Waals surface area contributed by atoms with Gasteiger partial charge in [0.1, 0.15) is 5.76 Å². The van der Waals surface area contributed by atoms with Gasteiger partial charge in [0.25, 0.3) is 5.91 Å². The summed E-state index contributed by atoms with van der Waals surface area (Å²) in [6.45, 7) is 2.03. The van der Waals surface area contributed by atoms with Crippen LogP contribution in [0.25, 0.3) is 6.08 Å². The van der Waals surface area contributed by atoms with Gasteiger partial charge in [0.2, 0.25) is 0 Å². The van der Waals surface area contributed by atoms with Crippen molar-refractivity contribution in [2.75, 3.05) is 11.5 Å². The van der Waals surface area contributed by atoms with Crippen LogP contribution in [-0.4, -0.2) is 22.8 Å². The Morgan fingerprint density at radius 2 is 2.21 bits per heavy atom. The molecule has 0 unspecified atom stereocenters. The van der Waals surface area contributed by atoms with Gasteiger partial charge in [-0.05, 0) is 37.3 Å². The van der Waals surface area contributed by atoms with Crippen molar-refractivity contribution in [3.05, 3.63) is 58.9 Å². The highest BCUT2D eigenvalue weighted by atomic mass is 32.2. The summed E-state index contributed by atoms with van der Waals surface area (Å²) in [6.07, 6.45) is 3.18. The van der Waals surface area contributed by atoms with Gasteiger partial charge < -0.3 is 9.15 Å². The lowest BCUT2D eigenvalue weighted by Gasteiger charge is -2.15. The van der Waals surface area contributed by atoms with E-state index in [0.717, 1.165) is 0 Å². The first-order chi connectivity index (χ1) is 11.6.